The van der Waals surface area contributed by atoms with E-state index in [1.807, 2.05) is 0 Å². The minimum Gasteiger partial charge on any atom is -0.859 e. The van der Waals surface area contributed by atoms with Crippen LogP contribution in [0.1, 0.15) is 16.7 Å². The summed E-state index contributed by atoms with van der Waals surface area (Å²) in [6.45, 7) is 1.56. The summed E-state index contributed by atoms with van der Waals surface area (Å²) in [5, 5.41) is 35.2. The van der Waals surface area contributed by atoms with Crippen molar-refractivity contribution in [2.24, 2.45) is 0 Å². The zero-order valence-electron chi connectivity index (χ0n) is 9.05. The monoisotopic (exact) mass is 222 g/mol. The van der Waals surface area contributed by atoms with Gasteiger partial charge in [0, 0.05) is 0 Å². The Bertz CT molecular complexity index is 348. The van der Waals surface area contributed by atoms with Crippen molar-refractivity contribution in [2.75, 3.05) is 0 Å². The predicted octanol–water partition coefficient (Wildman–Crippen LogP) is -6.63. The molecule has 0 spiro atoms. The Hall–Kier alpha value is 0.160. The minimum absolute atomic E-state index is 0. The van der Waals surface area contributed by atoms with Crippen molar-refractivity contribution in [1.29, 1.82) is 10.8 Å². The van der Waals surface area contributed by atoms with E-state index in [0.29, 0.717) is 5.56 Å². The number of rotatable bonds is 2. The molecule has 0 heterocycles. The molecule has 0 atom stereocenters. The van der Waals surface area contributed by atoms with Gasteiger partial charge in [-0.2, -0.15) is 0 Å². The molecule has 0 amide bonds. The van der Waals surface area contributed by atoms with E-state index in [0.717, 1.165) is 0 Å². The summed E-state index contributed by atoms with van der Waals surface area (Å²) in [4.78, 5) is 0. The van der Waals surface area contributed by atoms with E-state index < -0.39 is 11.8 Å². The quantitative estimate of drug-likeness (QED) is 0.296. The fourth-order valence-corrected chi connectivity index (χ4v) is 1.13. The maximum Gasteiger partial charge on any atom is 1.00 e. The summed E-state index contributed by atoms with van der Waals surface area (Å²) in [6, 6.07) is 4.44. The maximum absolute atomic E-state index is 10.7. The van der Waals surface area contributed by atoms with Crippen molar-refractivity contribution in [3.05, 3.63) is 34.9 Å². The fourth-order valence-electron chi connectivity index (χ4n) is 1.13. The summed E-state index contributed by atoms with van der Waals surface area (Å²) in [6.07, 6.45) is 0. The molecule has 15 heavy (non-hydrogen) atoms. The Morgan fingerprint density at radius 2 is 1.33 bits per heavy atom. The Morgan fingerprint density at radius 3 is 1.60 bits per heavy atom. The molecule has 1 aromatic carbocycles. The second-order valence-corrected chi connectivity index (χ2v) is 2.64. The average Bonchev–Trinajstić information content (AvgIpc) is 2.03. The van der Waals surface area contributed by atoms with E-state index in [1.54, 1.807) is 6.92 Å². The van der Waals surface area contributed by atoms with E-state index >= 15 is 0 Å². The van der Waals surface area contributed by atoms with Crippen molar-refractivity contribution < 1.29 is 69.3 Å². The van der Waals surface area contributed by atoms with Gasteiger partial charge in [-0.1, -0.05) is 18.2 Å². The zero-order valence-corrected chi connectivity index (χ0v) is 13.0. The second kappa shape index (κ2) is 7.44. The first kappa shape index (κ1) is 17.6. The second-order valence-electron chi connectivity index (χ2n) is 2.64. The zero-order chi connectivity index (χ0) is 10.0. The van der Waals surface area contributed by atoms with Crippen LogP contribution in [0.3, 0.4) is 0 Å². The van der Waals surface area contributed by atoms with Crippen molar-refractivity contribution in [3.63, 3.8) is 0 Å². The van der Waals surface area contributed by atoms with Crippen molar-refractivity contribution in [1.82, 2.24) is 0 Å². The normalized spacial score (nSPS) is 8.33. The third kappa shape index (κ3) is 4.26. The fraction of sp³-hybridized carbons (Fsp3) is 0.111. The average molecular weight is 222 g/mol. The Balaban J connectivity index is 0. The molecule has 0 aliphatic rings. The molecule has 1 aromatic rings. The van der Waals surface area contributed by atoms with Crippen LogP contribution >= 0.6 is 0 Å². The third-order valence-electron chi connectivity index (χ3n) is 1.82. The first-order valence-corrected chi connectivity index (χ1v) is 3.65. The van der Waals surface area contributed by atoms with Crippen LogP contribution in [0.15, 0.2) is 18.2 Å². The summed E-state index contributed by atoms with van der Waals surface area (Å²) >= 11 is 0. The van der Waals surface area contributed by atoms with Crippen LogP contribution < -0.4 is 69.3 Å². The van der Waals surface area contributed by atoms with Crippen LogP contribution in [0.4, 0.5) is 0 Å². The third-order valence-corrected chi connectivity index (χ3v) is 1.82. The van der Waals surface area contributed by atoms with Gasteiger partial charge in [-0.05, 0) is 35.4 Å². The van der Waals surface area contributed by atoms with Crippen molar-refractivity contribution in [3.8, 4) is 0 Å². The van der Waals surface area contributed by atoms with E-state index in [-0.39, 0.29) is 70.2 Å². The van der Waals surface area contributed by atoms with Crippen LogP contribution in [0.2, 0.25) is 0 Å². The van der Waals surface area contributed by atoms with Gasteiger partial charge >= 0.3 is 59.1 Å². The molecule has 68 valence electrons. The maximum atomic E-state index is 10.7. The van der Waals surface area contributed by atoms with Crippen LogP contribution in [-0.4, -0.2) is 11.8 Å². The first-order valence-electron chi connectivity index (χ1n) is 3.65. The van der Waals surface area contributed by atoms with Crippen LogP contribution in [0, 0.1) is 17.7 Å². The minimum atomic E-state index is -0.833. The Kier molecular flexibility index (Phi) is 8.70. The SMILES string of the molecule is Cc1c(C(=N)[O-])cccc1C(=N)[O-].[Na+].[Na+]. The van der Waals surface area contributed by atoms with Gasteiger partial charge in [0.15, 0.2) is 0 Å². The molecule has 0 radical (unpaired) electrons. The molecule has 2 N–H and O–H groups in total. The molecular formula is C9H8N2Na2O2. The Morgan fingerprint density at radius 1 is 1.00 bits per heavy atom. The van der Waals surface area contributed by atoms with E-state index in [1.165, 1.54) is 18.2 Å². The Labute approximate surface area is 132 Å². The van der Waals surface area contributed by atoms with E-state index in [2.05, 4.69) is 0 Å². The van der Waals surface area contributed by atoms with Crippen molar-refractivity contribution in [2.45, 2.75) is 6.92 Å². The summed E-state index contributed by atoms with van der Waals surface area (Å²) < 4.78 is 0. The number of hydrogen-bond donors (Lipinski definition) is 2. The molecular weight excluding hydrogens is 214 g/mol. The topological polar surface area (TPSA) is 93.8 Å². The molecule has 0 aliphatic heterocycles. The van der Waals surface area contributed by atoms with Crippen LogP contribution in [0.5, 0.6) is 0 Å². The van der Waals surface area contributed by atoms with E-state index in [4.69, 9.17) is 10.8 Å². The first-order chi connectivity index (χ1) is 6.04. The van der Waals surface area contributed by atoms with Gasteiger partial charge in [-0.15, -0.1) is 0 Å². The van der Waals surface area contributed by atoms with Gasteiger partial charge in [0.25, 0.3) is 0 Å². The van der Waals surface area contributed by atoms with Gasteiger partial charge in [-0.25, -0.2) is 0 Å². The summed E-state index contributed by atoms with van der Waals surface area (Å²) in [5.41, 5.74) is 0.763. The molecule has 4 nitrogen and oxygen atoms in total. The molecule has 0 unspecified atom stereocenters. The number of benzene rings is 1. The van der Waals surface area contributed by atoms with E-state index in [9.17, 15) is 10.2 Å². The molecule has 6 heteroatoms. The number of nitrogens with one attached hydrogen (secondary N) is 2. The van der Waals surface area contributed by atoms with Crippen molar-refractivity contribution >= 4 is 11.8 Å². The predicted molar refractivity (Wildman–Crippen MR) is 44.8 cm³/mol. The summed E-state index contributed by atoms with van der Waals surface area (Å²) in [7, 11) is 0. The standard InChI is InChI=1S/C9H10N2O2.2Na/c1-5-6(8(10)12)3-2-4-7(5)9(11)13;;/h2-4H,1H3,(H2,10,12)(H2,11,13);;/q;2*+1/p-2. The van der Waals surface area contributed by atoms with Gasteiger partial charge in [-0.3, -0.25) is 0 Å². The molecule has 0 aromatic heterocycles. The molecule has 0 bridgehead atoms. The molecule has 0 aliphatic carbocycles. The van der Waals surface area contributed by atoms with Gasteiger partial charge in [0.1, 0.15) is 0 Å². The van der Waals surface area contributed by atoms with Crippen LogP contribution in [-0.2, 0) is 0 Å². The van der Waals surface area contributed by atoms with Crippen LogP contribution in [0.25, 0.3) is 0 Å². The van der Waals surface area contributed by atoms with Gasteiger partial charge in [0.2, 0.25) is 0 Å². The molecule has 0 saturated carbocycles. The smallest absolute Gasteiger partial charge is 0.859 e. The van der Waals surface area contributed by atoms with Gasteiger partial charge in [0.05, 0.1) is 0 Å². The molecule has 1 rings (SSSR count). The number of hydrogen-bond acceptors (Lipinski definition) is 4. The summed E-state index contributed by atoms with van der Waals surface area (Å²) in [5.74, 6) is -1.67. The molecule has 0 saturated heterocycles. The largest absolute Gasteiger partial charge is 1.00 e. The van der Waals surface area contributed by atoms with Gasteiger partial charge < -0.3 is 21.0 Å². The molecule has 0 fully saturated rings.